The molecule has 2 heterocycles. The summed E-state index contributed by atoms with van der Waals surface area (Å²) in [4.78, 5) is 10.1. The van der Waals surface area contributed by atoms with Crippen LogP contribution in [0.3, 0.4) is 0 Å². The highest BCUT2D eigenvalue weighted by atomic mass is 32.1. The molecule has 0 fully saturated rings. The summed E-state index contributed by atoms with van der Waals surface area (Å²) >= 11 is 1.67. The number of aromatic nitrogens is 3. The van der Waals surface area contributed by atoms with E-state index in [2.05, 4.69) is 32.0 Å². The van der Waals surface area contributed by atoms with Gasteiger partial charge in [0.25, 0.3) is 0 Å². The van der Waals surface area contributed by atoms with Crippen molar-refractivity contribution in [1.82, 2.24) is 14.5 Å². The van der Waals surface area contributed by atoms with Crippen LogP contribution in [0.25, 0.3) is 5.69 Å². The molecule has 0 saturated heterocycles. The lowest BCUT2D eigenvalue weighted by atomic mass is 10.3. The molecule has 0 aliphatic carbocycles. The van der Waals surface area contributed by atoms with Gasteiger partial charge in [0.2, 0.25) is 5.95 Å². The molecular formula is C15H16N4S. The van der Waals surface area contributed by atoms with Crippen LogP contribution in [-0.4, -0.2) is 14.5 Å². The van der Waals surface area contributed by atoms with Gasteiger partial charge in [0.15, 0.2) is 0 Å². The number of nitrogens with one attached hydrogen (secondary N) is 1. The molecule has 102 valence electrons. The van der Waals surface area contributed by atoms with Crippen LogP contribution in [0.1, 0.15) is 16.3 Å². The van der Waals surface area contributed by atoms with Crippen LogP contribution in [0, 0.1) is 13.8 Å². The zero-order valence-electron chi connectivity index (χ0n) is 11.5. The molecule has 1 aromatic carbocycles. The molecule has 5 heteroatoms. The Morgan fingerprint density at radius 1 is 1.20 bits per heavy atom. The van der Waals surface area contributed by atoms with Crippen LogP contribution in [0.4, 0.5) is 5.95 Å². The molecule has 0 radical (unpaired) electrons. The van der Waals surface area contributed by atoms with Crippen molar-refractivity contribution < 1.29 is 0 Å². The number of aryl methyl sites for hydroxylation is 2. The third kappa shape index (κ3) is 2.58. The lowest BCUT2D eigenvalue weighted by Crippen LogP contribution is -2.05. The van der Waals surface area contributed by atoms with Gasteiger partial charge in [-0.15, -0.1) is 11.3 Å². The molecule has 0 saturated carbocycles. The van der Waals surface area contributed by atoms with E-state index in [4.69, 9.17) is 0 Å². The molecule has 20 heavy (non-hydrogen) atoms. The largest absolute Gasteiger partial charge is 0.350 e. The molecule has 2 aromatic heterocycles. The molecule has 0 amide bonds. The molecule has 0 atom stereocenters. The minimum atomic E-state index is 0.750. The summed E-state index contributed by atoms with van der Waals surface area (Å²) in [6.07, 6.45) is 2.04. The fraction of sp³-hybridized carbons (Fsp3) is 0.200. The van der Waals surface area contributed by atoms with E-state index >= 15 is 0 Å². The lowest BCUT2D eigenvalue weighted by Gasteiger charge is -2.09. The quantitative estimate of drug-likeness (QED) is 0.796. The number of imidazole rings is 1. The molecule has 0 aliphatic rings. The van der Waals surface area contributed by atoms with Crippen LogP contribution < -0.4 is 5.32 Å². The van der Waals surface area contributed by atoms with Crippen LogP contribution >= 0.6 is 11.3 Å². The topological polar surface area (TPSA) is 42.7 Å². The van der Waals surface area contributed by atoms with Gasteiger partial charge in [0.05, 0.1) is 23.4 Å². The Hall–Kier alpha value is -2.14. The second-order valence-electron chi connectivity index (χ2n) is 4.63. The van der Waals surface area contributed by atoms with Crippen molar-refractivity contribution in [3.05, 3.63) is 58.3 Å². The minimum Gasteiger partial charge on any atom is -0.350 e. The number of thiazole rings is 1. The molecule has 1 N–H and O–H groups in total. The van der Waals surface area contributed by atoms with E-state index in [1.165, 1.54) is 4.88 Å². The molecule has 0 spiro atoms. The molecule has 0 bridgehead atoms. The monoisotopic (exact) mass is 284 g/mol. The summed E-state index contributed by atoms with van der Waals surface area (Å²) < 4.78 is 2.08. The number of benzene rings is 1. The zero-order chi connectivity index (χ0) is 13.9. The third-order valence-electron chi connectivity index (χ3n) is 3.11. The first kappa shape index (κ1) is 12.9. The molecule has 0 unspecified atom stereocenters. The Morgan fingerprint density at radius 2 is 2.00 bits per heavy atom. The highest BCUT2D eigenvalue weighted by Crippen LogP contribution is 2.19. The van der Waals surface area contributed by atoms with Gasteiger partial charge < -0.3 is 5.32 Å². The number of hydrogen-bond donors (Lipinski definition) is 1. The Kier molecular flexibility index (Phi) is 3.52. The van der Waals surface area contributed by atoms with Crippen molar-refractivity contribution in [1.29, 1.82) is 0 Å². The summed E-state index contributed by atoms with van der Waals surface area (Å²) in [7, 11) is 0. The molecule has 3 rings (SSSR count). The first-order valence-electron chi connectivity index (χ1n) is 6.48. The second-order valence-corrected chi connectivity index (χ2v) is 5.57. The number of para-hydroxylation sites is 1. The van der Waals surface area contributed by atoms with Gasteiger partial charge >= 0.3 is 0 Å². The summed E-state index contributed by atoms with van der Waals surface area (Å²) in [5, 5.41) is 3.40. The Labute approximate surface area is 122 Å². The van der Waals surface area contributed by atoms with Gasteiger partial charge in [0.1, 0.15) is 0 Å². The maximum atomic E-state index is 4.55. The van der Waals surface area contributed by atoms with Gasteiger partial charge in [-0.2, -0.15) is 0 Å². The average molecular weight is 284 g/mol. The number of hydrogen-bond acceptors (Lipinski definition) is 4. The molecule has 4 nitrogen and oxygen atoms in total. The smallest absolute Gasteiger partial charge is 0.208 e. The average Bonchev–Trinajstić information content (AvgIpc) is 3.03. The normalized spacial score (nSPS) is 10.7. The van der Waals surface area contributed by atoms with Gasteiger partial charge in [-0.1, -0.05) is 18.2 Å². The van der Waals surface area contributed by atoms with Crippen LogP contribution in [0.5, 0.6) is 0 Å². The third-order valence-corrected chi connectivity index (χ3v) is 4.05. The number of rotatable bonds is 4. The number of anilines is 1. The second kappa shape index (κ2) is 5.46. The maximum absolute atomic E-state index is 4.55. The summed E-state index contributed by atoms with van der Waals surface area (Å²) in [5.74, 6) is 0.863. The Balaban J connectivity index is 1.85. The molecular weight excluding hydrogens is 268 g/mol. The summed E-state index contributed by atoms with van der Waals surface area (Å²) in [6.45, 7) is 4.78. The predicted octanol–water partition coefficient (Wildman–Crippen LogP) is 3.56. The van der Waals surface area contributed by atoms with Crippen molar-refractivity contribution in [2.45, 2.75) is 20.4 Å². The van der Waals surface area contributed by atoms with Crippen LogP contribution in [-0.2, 0) is 6.54 Å². The molecule has 3 aromatic rings. The highest BCUT2D eigenvalue weighted by molar-refractivity contribution is 7.09. The van der Waals surface area contributed by atoms with E-state index in [1.807, 2.05) is 43.8 Å². The van der Waals surface area contributed by atoms with Gasteiger partial charge in [-0.3, -0.25) is 4.57 Å². The van der Waals surface area contributed by atoms with Gasteiger partial charge in [-0.05, 0) is 26.0 Å². The standard InChI is InChI=1S/C15H16N4S/c1-11-9-19(13-6-4-3-5-7-13)15(18-11)16-8-14-12(2)17-10-20-14/h3-7,9-10H,8H2,1-2H3,(H,16,18). The van der Waals surface area contributed by atoms with Crippen molar-refractivity contribution in [3.8, 4) is 5.69 Å². The zero-order valence-corrected chi connectivity index (χ0v) is 12.3. The Morgan fingerprint density at radius 3 is 2.70 bits per heavy atom. The fourth-order valence-electron chi connectivity index (χ4n) is 2.06. The minimum absolute atomic E-state index is 0.750. The van der Waals surface area contributed by atoms with Crippen LogP contribution in [0.15, 0.2) is 42.0 Å². The van der Waals surface area contributed by atoms with Gasteiger partial charge in [-0.25, -0.2) is 9.97 Å². The number of nitrogens with zero attached hydrogens (tertiary/aromatic N) is 3. The first-order chi connectivity index (χ1) is 9.74. The van der Waals surface area contributed by atoms with Crippen LogP contribution in [0.2, 0.25) is 0 Å². The van der Waals surface area contributed by atoms with Gasteiger partial charge in [0, 0.05) is 16.8 Å². The van der Waals surface area contributed by atoms with E-state index in [-0.39, 0.29) is 0 Å². The summed E-state index contributed by atoms with van der Waals surface area (Å²) in [5.41, 5.74) is 5.06. The first-order valence-corrected chi connectivity index (χ1v) is 7.36. The molecule has 0 aliphatic heterocycles. The fourth-order valence-corrected chi connectivity index (χ4v) is 2.78. The van der Waals surface area contributed by atoms with Crippen molar-refractivity contribution in [2.75, 3.05) is 5.32 Å². The van der Waals surface area contributed by atoms with Crippen molar-refractivity contribution in [2.24, 2.45) is 0 Å². The lowest BCUT2D eigenvalue weighted by molar-refractivity contribution is 1.00. The Bertz CT molecular complexity index is 700. The highest BCUT2D eigenvalue weighted by Gasteiger charge is 2.08. The predicted molar refractivity (Wildman–Crippen MR) is 82.5 cm³/mol. The van der Waals surface area contributed by atoms with E-state index in [0.717, 1.165) is 29.6 Å². The summed E-state index contributed by atoms with van der Waals surface area (Å²) in [6, 6.07) is 10.2. The van der Waals surface area contributed by atoms with Crippen molar-refractivity contribution >= 4 is 17.3 Å². The van der Waals surface area contributed by atoms with E-state index in [9.17, 15) is 0 Å². The maximum Gasteiger partial charge on any atom is 0.208 e. The van der Waals surface area contributed by atoms with E-state index in [0.29, 0.717) is 0 Å². The van der Waals surface area contributed by atoms with E-state index < -0.39 is 0 Å². The van der Waals surface area contributed by atoms with Crippen molar-refractivity contribution in [3.63, 3.8) is 0 Å². The SMILES string of the molecule is Cc1cn(-c2ccccc2)c(NCc2scnc2C)n1. The van der Waals surface area contributed by atoms with E-state index in [1.54, 1.807) is 11.3 Å².